The minimum Gasteiger partial charge on any atom is -0.455 e. The summed E-state index contributed by atoms with van der Waals surface area (Å²) in [5.41, 5.74) is 6.93. The third-order valence-electron chi connectivity index (χ3n) is 7.25. The standard InChI is InChI=1S/C32H28N4O4S/c1-20-10-12-22(13-11-20)31-30(32(37)33-2)25-17-24(27(18-28(25)40-31)35(3)41(4,38)39)23-14-15-36-19-26(34-29(36)16-23)21-8-6-5-7-9-21/h5-19H,1-4H3,(H,33,37). The number of aromatic nitrogens is 2. The molecule has 206 valence electrons. The predicted molar refractivity (Wildman–Crippen MR) is 163 cm³/mol. The van der Waals surface area contributed by atoms with Gasteiger partial charge in [0.15, 0.2) is 0 Å². The molecule has 0 fully saturated rings. The minimum absolute atomic E-state index is 0.300. The Morgan fingerprint density at radius 3 is 2.37 bits per heavy atom. The zero-order chi connectivity index (χ0) is 28.9. The molecular weight excluding hydrogens is 536 g/mol. The van der Waals surface area contributed by atoms with Gasteiger partial charge in [0.1, 0.15) is 17.0 Å². The van der Waals surface area contributed by atoms with E-state index < -0.39 is 10.0 Å². The van der Waals surface area contributed by atoms with Gasteiger partial charge in [-0.05, 0) is 30.7 Å². The van der Waals surface area contributed by atoms with E-state index in [1.807, 2.05) is 96.5 Å². The molecule has 0 saturated heterocycles. The van der Waals surface area contributed by atoms with Gasteiger partial charge < -0.3 is 14.1 Å². The molecule has 0 radical (unpaired) electrons. The number of rotatable bonds is 6. The first-order valence-corrected chi connectivity index (χ1v) is 14.9. The lowest BCUT2D eigenvalue weighted by atomic mass is 9.98. The highest BCUT2D eigenvalue weighted by molar-refractivity contribution is 7.92. The molecule has 41 heavy (non-hydrogen) atoms. The number of aryl methyl sites for hydroxylation is 1. The zero-order valence-corrected chi connectivity index (χ0v) is 23.9. The van der Waals surface area contributed by atoms with Crippen LogP contribution < -0.4 is 9.62 Å². The fourth-order valence-corrected chi connectivity index (χ4v) is 5.47. The first-order valence-electron chi connectivity index (χ1n) is 13.0. The molecule has 0 unspecified atom stereocenters. The van der Waals surface area contributed by atoms with Crippen LogP contribution in [0.5, 0.6) is 0 Å². The second-order valence-electron chi connectivity index (χ2n) is 10.0. The number of anilines is 1. The second kappa shape index (κ2) is 9.94. The van der Waals surface area contributed by atoms with Crippen molar-refractivity contribution in [1.29, 1.82) is 0 Å². The fraction of sp³-hybridized carbons (Fsp3) is 0.125. The molecule has 3 aromatic heterocycles. The van der Waals surface area contributed by atoms with Crippen LogP contribution in [0.25, 0.3) is 50.3 Å². The molecule has 0 spiro atoms. The molecule has 6 aromatic rings. The van der Waals surface area contributed by atoms with Crippen molar-refractivity contribution in [2.24, 2.45) is 0 Å². The number of sulfonamides is 1. The molecule has 6 rings (SSSR count). The van der Waals surface area contributed by atoms with E-state index in [2.05, 4.69) is 5.32 Å². The molecule has 0 saturated carbocycles. The van der Waals surface area contributed by atoms with Crippen molar-refractivity contribution < 1.29 is 17.6 Å². The lowest BCUT2D eigenvalue weighted by Gasteiger charge is -2.20. The van der Waals surface area contributed by atoms with Crippen LogP contribution in [0.15, 0.2) is 95.7 Å². The molecular formula is C32H28N4O4S. The van der Waals surface area contributed by atoms with Gasteiger partial charge in [0.2, 0.25) is 10.0 Å². The number of fused-ring (bicyclic) bond motifs is 2. The topological polar surface area (TPSA) is 96.9 Å². The number of furan rings is 1. The molecule has 0 aliphatic heterocycles. The monoisotopic (exact) mass is 564 g/mol. The Morgan fingerprint density at radius 1 is 0.951 bits per heavy atom. The highest BCUT2D eigenvalue weighted by atomic mass is 32.2. The number of pyridine rings is 1. The maximum Gasteiger partial charge on any atom is 0.255 e. The largest absolute Gasteiger partial charge is 0.455 e. The van der Waals surface area contributed by atoms with E-state index in [-0.39, 0.29) is 5.91 Å². The highest BCUT2D eigenvalue weighted by Gasteiger charge is 2.26. The Hall–Kier alpha value is -4.89. The van der Waals surface area contributed by atoms with Crippen molar-refractivity contribution in [3.05, 3.63) is 102 Å². The summed E-state index contributed by atoms with van der Waals surface area (Å²) < 4.78 is 34.9. The second-order valence-corrected chi connectivity index (χ2v) is 12.0. The van der Waals surface area contributed by atoms with Gasteiger partial charge in [-0.25, -0.2) is 13.4 Å². The van der Waals surface area contributed by atoms with Crippen LogP contribution >= 0.6 is 0 Å². The van der Waals surface area contributed by atoms with Crippen molar-refractivity contribution in [2.75, 3.05) is 24.7 Å². The van der Waals surface area contributed by atoms with E-state index in [1.165, 1.54) is 11.4 Å². The number of carbonyl (C=O) groups excluding carboxylic acids is 1. The SMILES string of the molecule is CNC(=O)c1c(-c2ccc(C)cc2)oc2cc(N(C)S(C)(=O)=O)c(-c3ccn4cc(-c5ccccc5)nc4c3)cc12. The number of carbonyl (C=O) groups is 1. The van der Waals surface area contributed by atoms with Crippen molar-refractivity contribution in [3.8, 4) is 33.7 Å². The summed E-state index contributed by atoms with van der Waals surface area (Å²) in [6, 6.07) is 24.9. The number of benzene rings is 3. The van der Waals surface area contributed by atoms with Crippen molar-refractivity contribution in [3.63, 3.8) is 0 Å². The zero-order valence-electron chi connectivity index (χ0n) is 23.0. The summed E-state index contributed by atoms with van der Waals surface area (Å²) >= 11 is 0. The van der Waals surface area contributed by atoms with Crippen LogP contribution in [0.4, 0.5) is 5.69 Å². The number of hydrogen-bond donors (Lipinski definition) is 1. The predicted octanol–water partition coefficient (Wildman–Crippen LogP) is 6.15. The van der Waals surface area contributed by atoms with E-state index in [0.29, 0.717) is 39.2 Å². The quantitative estimate of drug-likeness (QED) is 0.262. The Kier molecular flexibility index (Phi) is 6.38. The van der Waals surface area contributed by atoms with Gasteiger partial charge in [0.05, 0.1) is 23.2 Å². The van der Waals surface area contributed by atoms with Crippen molar-refractivity contribution >= 4 is 38.2 Å². The van der Waals surface area contributed by atoms with Gasteiger partial charge in [0, 0.05) is 54.6 Å². The van der Waals surface area contributed by atoms with Crippen molar-refractivity contribution in [1.82, 2.24) is 14.7 Å². The average Bonchev–Trinajstić information content (AvgIpc) is 3.57. The van der Waals surface area contributed by atoms with Crippen molar-refractivity contribution in [2.45, 2.75) is 6.92 Å². The third-order valence-corrected chi connectivity index (χ3v) is 8.44. The van der Waals surface area contributed by atoms with E-state index in [1.54, 1.807) is 13.1 Å². The minimum atomic E-state index is -3.62. The van der Waals surface area contributed by atoms with E-state index in [0.717, 1.165) is 34.2 Å². The lowest BCUT2D eigenvalue weighted by Crippen LogP contribution is -2.25. The van der Waals surface area contributed by atoms with E-state index >= 15 is 0 Å². The maximum absolute atomic E-state index is 13.2. The molecule has 0 aliphatic carbocycles. The van der Waals surface area contributed by atoms with Crippen LogP contribution in [0, 0.1) is 6.92 Å². The normalized spacial score (nSPS) is 11.7. The Balaban J connectivity index is 1.60. The van der Waals surface area contributed by atoms with E-state index in [4.69, 9.17) is 9.40 Å². The first kappa shape index (κ1) is 26.3. The summed E-state index contributed by atoms with van der Waals surface area (Å²) in [7, 11) is -0.541. The number of nitrogens with one attached hydrogen (secondary N) is 1. The number of imidazole rings is 1. The van der Waals surface area contributed by atoms with Crippen LogP contribution in [-0.4, -0.2) is 44.1 Å². The smallest absolute Gasteiger partial charge is 0.255 e. The van der Waals surface area contributed by atoms with Gasteiger partial charge >= 0.3 is 0 Å². The molecule has 1 amide bonds. The fourth-order valence-electron chi connectivity index (χ4n) is 4.96. The molecule has 0 atom stereocenters. The molecule has 0 aliphatic rings. The van der Waals surface area contributed by atoms with Crippen LogP contribution in [-0.2, 0) is 10.0 Å². The molecule has 3 aromatic carbocycles. The molecule has 8 nitrogen and oxygen atoms in total. The average molecular weight is 565 g/mol. The first-order chi connectivity index (χ1) is 19.6. The Morgan fingerprint density at radius 2 is 1.68 bits per heavy atom. The summed E-state index contributed by atoms with van der Waals surface area (Å²) in [6.07, 6.45) is 5.00. The van der Waals surface area contributed by atoms with Gasteiger partial charge in [-0.3, -0.25) is 9.10 Å². The number of nitrogens with zero attached hydrogens (tertiary/aromatic N) is 3. The van der Waals surface area contributed by atoms with Gasteiger partial charge in [-0.1, -0.05) is 60.2 Å². The van der Waals surface area contributed by atoms with Gasteiger partial charge in [-0.15, -0.1) is 0 Å². The summed E-state index contributed by atoms with van der Waals surface area (Å²) in [4.78, 5) is 18.0. The van der Waals surface area contributed by atoms with Crippen LogP contribution in [0.2, 0.25) is 0 Å². The number of amides is 1. The lowest BCUT2D eigenvalue weighted by molar-refractivity contribution is 0.0964. The maximum atomic E-state index is 13.2. The summed E-state index contributed by atoms with van der Waals surface area (Å²) in [5.74, 6) is 0.117. The highest BCUT2D eigenvalue weighted by Crippen LogP contribution is 2.41. The van der Waals surface area contributed by atoms with E-state index in [9.17, 15) is 13.2 Å². The van der Waals surface area contributed by atoms with Gasteiger partial charge in [-0.2, -0.15) is 0 Å². The molecule has 1 N–H and O–H groups in total. The molecule has 9 heteroatoms. The Labute approximate surface area is 237 Å². The number of hydrogen-bond acceptors (Lipinski definition) is 5. The third kappa shape index (κ3) is 4.74. The molecule has 0 bridgehead atoms. The van der Waals surface area contributed by atoms with Gasteiger partial charge in [0.25, 0.3) is 5.91 Å². The molecule has 3 heterocycles. The Bertz CT molecular complexity index is 2040. The van der Waals surface area contributed by atoms with Crippen LogP contribution in [0.1, 0.15) is 15.9 Å². The van der Waals surface area contributed by atoms with Crippen LogP contribution in [0.3, 0.4) is 0 Å². The summed E-state index contributed by atoms with van der Waals surface area (Å²) in [6.45, 7) is 1.99. The summed E-state index contributed by atoms with van der Waals surface area (Å²) in [5, 5.41) is 3.30.